The van der Waals surface area contributed by atoms with Crippen LogP contribution < -0.4 is 14.4 Å². The van der Waals surface area contributed by atoms with Gasteiger partial charge in [-0.15, -0.1) is 0 Å². The van der Waals surface area contributed by atoms with Crippen LogP contribution in [0.1, 0.15) is 10.4 Å². The summed E-state index contributed by atoms with van der Waals surface area (Å²) in [5.74, 6) is 2.05. The second-order valence-electron chi connectivity index (χ2n) is 7.01. The Bertz CT molecular complexity index is 996. The van der Waals surface area contributed by atoms with Gasteiger partial charge in [0, 0.05) is 49.4 Å². The first-order valence-corrected chi connectivity index (χ1v) is 9.82. The van der Waals surface area contributed by atoms with E-state index in [1.54, 1.807) is 38.7 Å². The van der Waals surface area contributed by atoms with Gasteiger partial charge in [-0.3, -0.25) is 4.79 Å². The van der Waals surface area contributed by atoms with Gasteiger partial charge in [0.05, 0.1) is 19.9 Å². The van der Waals surface area contributed by atoms with Crippen LogP contribution in [0.25, 0.3) is 11.3 Å². The lowest BCUT2D eigenvalue weighted by Crippen LogP contribution is -2.49. The first-order valence-electron chi connectivity index (χ1n) is 9.82. The quantitative estimate of drug-likeness (QED) is 0.651. The lowest BCUT2D eigenvalue weighted by Gasteiger charge is -2.35. The van der Waals surface area contributed by atoms with Gasteiger partial charge in [0.25, 0.3) is 5.91 Å². The first kappa shape index (κ1) is 19.7. The minimum Gasteiger partial charge on any atom is -0.497 e. The molecule has 1 aliphatic heterocycles. The van der Waals surface area contributed by atoms with Gasteiger partial charge >= 0.3 is 0 Å². The maximum Gasteiger partial charge on any atom is 0.254 e. The number of benzene rings is 2. The number of methoxy groups -OCH3 is 2. The summed E-state index contributed by atoms with van der Waals surface area (Å²) in [6.45, 7) is 2.64. The molecule has 154 valence electrons. The number of aromatic nitrogens is 2. The zero-order valence-electron chi connectivity index (χ0n) is 17.1. The number of nitrogens with zero attached hydrogens (tertiary/aromatic N) is 4. The topological polar surface area (TPSA) is 67.8 Å². The van der Waals surface area contributed by atoms with Crippen LogP contribution >= 0.6 is 0 Å². The maximum atomic E-state index is 13.0. The molecule has 2 heterocycles. The van der Waals surface area contributed by atoms with E-state index in [-0.39, 0.29) is 5.91 Å². The number of hydrogen-bond donors (Lipinski definition) is 0. The second kappa shape index (κ2) is 8.82. The fraction of sp³-hybridized carbons (Fsp3) is 0.261. The maximum absolute atomic E-state index is 13.0. The Morgan fingerprint density at radius 2 is 1.53 bits per heavy atom. The van der Waals surface area contributed by atoms with Gasteiger partial charge in [0.15, 0.2) is 0 Å². The molecule has 0 bridgehead atoms. The van der Waals surface area contributed by atoms with Crippen LogP contribution in [-0.4, -0.2) is 61.2 Å². The van der Waals surface area contributed by atoms with Crippen molar-refractivity contribution in [2.45, 2.75) is 0 Å². The number of hydrogen-bond acceptors (Lipinski definition) is 6. The normalized spacial score (nSPS) is 13.8. The third-order valence-electron chi connectivity index (χ3n) is 5.21. The average Bonchev–Trinajstić information content (AvgIpc) is 2.84. The molecule has 1 saturated heterocycles. The standard InChI is InChI=1S/C23H24N4O3/c1-29-19-12-18(13-20(14-19)30-2)23(28)27-10-8-26(9-11-27)22-15-21(24-16-25-22)17-6-4-3-5-7-17/h3-7,12-16H,8-11H2,1-2H3. The van der Waals surface area contributed by atoms with Crippen molar-refractivity contribution >= 4 is 11.7 Å². The monoisotopic (exact) mass is 404 g/mol. The van der Waals surface area contributed by atoms with Crippen LogP contribution in [0.4, 0.5) is 5.82 Å². The van der Waals surface area contributed by atoms with Crippen molar-refractivity contribution in [3.63, 3.8) is 0 Å². The van der Waals surface area contributed by atoms with Crippen LogP contribution in [0.2, 0.25) is 0 Å². The summed E-state index contributed by atoms with van der Waals surface area (Å²) in [6, 6.07) is 17.3. The van der Waals surface area contributed by atoms with E-state index in [1.165, 1.54) is 0 Å². The van der Waals surface area contributed by atoms with E-state index in [0.717, 1.165) is 17.1 Å². The van der Waals surface area contributed by atoms with Gasteiger partial charge < -0.3 is 19.3 Å². The molecule has 0 unspecified atom stereocenters. The van der Waals surface area contributed by atoms with Crippen molar-refractivity contribution in [2.75, 3.05) is 45.3 Å². The summed E-state index contributed by atoms with van der Waals surface area (Å²) >= 11 is 0. The fourth-order valence-electron chi connectivity index (χ4n) is 3.54. The number of carbonyl (C=O) groups excluding carboxylic acids is 1. The highest BCUT2D eigenvalue weighted by atomic mass is 16.5. The van der Waals surface area contributed by atoms with Crippen molar-refractivity contribution in [3.05, 3.63) is 66.5 Å². The van der Waals surface area contributed by atoms with Crippen LogP contribution in [0.5, 0.6) is 11.5 Å². The fourth-order valence-corrected chi connectivity index (χ4v) is 3.54. The van der Waals surface area contributed by atoms with Crippen molar-refractivity contribution in [1.29, 1.82) is 0 Å². The van der Waals surface area contributed by atoms with Gasteiger partial charge in [-0.05, 0) is 12.1 Å². The largest absolute Gasteiger partial charge is 0.497 e. The van der Waals surface area contributed by atoms with E-state index in [1.807, 2.05) is 41.3 Å². The Labute approximate surface area is 175 Å². The van der Waals surface area contributed by atoms with E-state index in [0.29, 0.717) is 43.2 Å². The number of amides is 1. The van der Waals surface area contributed by atoms with E-state index in [4.69, 9.17) is 9.47 Å². The summed E-state index contributed by atoms with van der Waals surface area (Å²) in [5, 5.41) is 0. The third kappa shape index (κ3) is 4.20. The Balaban J connectivity index is 1.45. The molecule has 0 saturated carbocycles. The summed E-state index contributed by atoms with van der Waals surface area (Å²) in [6.07, 6.45) is 1.59. The number of piperazine rings is 1. The van der Waals surface area contributed by atoms with Gasteiger partial charge in [-0.25, -0.2) is 9.97 Å². The molecule has 1 amide bonds. The predicted octanol–water partition coefficient (Wildman–Crippen LogP) is 3.12. The molecule has 0 atom stereocenters. The molecule has 3 aromatic rings. The predicted molar refractivity (Wildman–Crippen MR) is 115 cm³/mol. The smallest absolute Gasteiger partial charge is 0.254 e. The molecular weight excluding hydrogens is 380 g/mol. The van der Waals surface area contributed by atoms with Crippen molar-refractivity contribution in [1.82, 2.24) is 14.9 Å². The molecule has 1 aromatic heterocycles. The number of ether oxygens (including phenoxy) is 2. The van der Waals surface area contributed by atoms with E-state index < -0.39 is 0 Å². The second-order valence-corrected chi connectivity index (χ2v) is 7.01. The molecule has 4 rings (SSSR count). The van der Waals surface area contributed by atoms with Gasteiger partial charge in [-0.2, -0.15) is 0 Å². The minimum atomic E-state index is -0.0282. The Morgan fingerprint density at radius 1 is 0.867 bits per heavy atom. The van der Waals surface area contributed by atoms with Crippen LogP contribution in [0.3, 0.4) is 0 Å². The highest BCUT2D eigenvalue weighted by Crippen LogP contribution is 2.25. The lowest BCUT2D eigenvalue weighted by molar-refractivity contribution is 0.0745. The molecule has 0 radical (unpaired) electrons. The van der Waals surface area contributed by atoms with E-state index in [9.17, 15) is 4.79 Å². The van der Waals surface area contributed by atoms with Gasteiger partial charge in [0.1, 0.15) is 23.6 Å². The van der Waals surface area contributed by atoms with Crippen LogP contribution in [-0.2, 0) is 0 Å². The summed E-state index contributed by atoms with van der Waals surface area (Å²) < 4.78 is 10.6. The minimum absolute atomic E-state index is 0.0282. The van der Waals surface area contributed by atoms with Crippen molar-refractivity contribution < 1.29 is 14.3 Å². The van der Waals surface area contributed by atoms with E-state index in [2.05, 4.69) is 14.9 Å². The molecule has 30 heavy (non-hydrogen) atoms. The average molecular weight is 404 g/mol. The van der Waals surface area contributed by atoms with E-state index >= 15 is 0 Å². The summed E-state index contributed by atoms with van der Waals surface area (Å²) in [5.41, 5.74) is 2.51. The Morgan fingerprint density at radius 3 is 2.17 bits per heavy atom. The van der Waals surface area contributed by atoms with Gasteiger partial charge in [0.2, 0.25) is 0 Å². The number of anilines is 1. The number of rotatable bonds is 5. The molecule has 0 N–H and O–H groups in total. The third-order valence-corrected chi connectivity index (χ3v) is 5.21. The van der Waals surface area contributed by atoms with Crippen LogP contribution in [0, 0.1) is 0 Å². The Hall–Kier alpha value is -3.61. The highest BCUT2D eigenvalue weighted by Gasteiger charge is 2.24. The molecule has 0 spiro atoms. The molecular formula is C23H24N4O3. The highest BCUT2D eigenvalue weighted by molar-refractivity contribution is 5.95. The van der Waals surface area contributed by atoms with Gasteiger partial charge in [-0.1, -0.05) is 30.3 Å². The SMILES string of the molecule is COc1cc(OC)cc(C(=O)N2CCN(c3cc(-c4ccccc4)ncn3)CC2)c1. The summed E-state index contributed by atoms with van der Waals surface area (Å²) in [7, 11) is 3.15. The molecule has 1 aliphatic rings. The Kier molecular flexibility index (Phi) is 5.79. The molecule has 0 aliphatic carbocycles. The zero-order valence-corrected chi connectivity index (χ0v) is 17.1. The summed E-state index contributed by atoms with van der Waals surface area (Å²) in [4.78, 5) is 25.9. The molecule has 7 nitrogen and oxygen atoms in total. The molecule has 1 fully saturated rings. The zero-order chi connectivity index (χ0) is 20.9. The molecule has 2 aromatic carbocycles. The van der Waals surface area contributed by atoms with Crippen LogP contribution in [0.15, 0.2) is 60.9 Å². The van der Waals surface area contributed by atoms with Crippen molar-refractivity contribution in [2.24, 2.45) is 0 Å². The number of carbonyl (C=O) groups is 1. The first-order chi connectivity index (χ1) is 14.7. The lowest BCUT2D eigenvalue weighted by atomic mass is 10.1. The van der Waals surface area contributed by atoms with Crippen molar-refractivity contribution in [3.8, 4) is 22.8 Å². The molecule has 7 heteroatoms.